The maximum absolute atomic E-state index is 5.91. The molecule has 1 aliphatic rings. The lowest BCUT2D eigenvalue weighted by molar-refractivity contribution is -0.126. The van der Waals surface area contributed by atoms with Crippen LogP contribution < -0.4 is 4.74 Å². The second-order valence-corrected chi connectivity index (χ2v) is 8.32. The maximum Gasteiger partial charge on any atom is 0.205 e. The molecule has 0 N–H and O–H groups in total. The summed E-state index contributed by atoms with van der Waals surface area (Å²) < 4.78 is 17.4. The first-order valence-electron chi connectivity index (χ1n) is 8.90. The predicted molar refractivity (Wildman–Crippen MR) is 97.5 cm³/mol. The summed E-state index contributed by atoms with van der Waals surface area (Å²) >= 11 is 0. The summed E-state index contributed by atoms with van der Waals surface area (Å²) in [5, 5.41) is 0. The number of rotatable bonds is 5. The van der Waals surface area contributed by atoms with Crippen molar-refractivity contribution in [2.24, 2.45) is 0 Å². The van der Waals surface area contributed by atoms with Gasteiger partial charge in [-0.1, -0.05) is 5.92 Å². The van der Waals surface area contributed by atoms with E-state index in [0.717, 1.165) is 12.8 Å². The summed E-state index contributed by atoms with van der Waals surface area (Å²) in [6, 6.07) is 0. The molecule has 1 aliphatic carbocycles. The van der Waals surface area contributed by atoms with Crippen molar-refractivity contribution in [1.29, 1.82) is 0 Å². The fraction of sp³-hybridized carbons (Fsp3) is 0.700. The molecule has 0 aromatic carbocycles. The van der Waals surface area contributed by atoms with Gasteiger partial charge in [0.25, 0.3) is 0 Å². The van der Waals surface area contributed by atoms with Crippen molar-refractivity contribution in [3.05, 3.63) is 18.2 Å². The molecule has 25 heavy (non-hydrogen) atoms. The van der Waals surface area contributed by atoms with E-state index in [0.29, 0.717) is 24.6 Å². The zero-order valence-corrected chi connectivity index (χ0v) is 16.3. The van der Waals surface area contributed by atoms with Gasteiger partial charge in [0.15, 0.2) is 5.75 Å². The zero-order valence-electron chi connectivity index (χ0n) is 16.3. The Hall–Kier alpha value is -1.64. The third-order valence-electron chi connectivity index (χ3n) is 3.47. The Morgan fingerprint density at radius 3 is 2.20 bits per heavy atom. The van der Waals surface area contributed by atoms with Gasteiger partial charge < -0.3 is 14.2 Å². The monoisotopic (exact) mass is 346 g/mol. The lowest BCUT2D eigenvalue weighted by atomic mass is 9.91. The van der Waals surface area contributed by atoms with Crippen LogP contribution >= 0.6 is 0 Å². The number of hydrogen-bond acceptors (Lipinski definition) is 5. The lowest BCUT2D eigenvalue weighted by Crippen LogP contribution is -2.43. The number of nitrogens with zero attached hydrogens (tertiary/aromatic N) is 2. The molecular formula is C20H30N2O3. The minimum absolute atomic E-state index is 0.100. The summed E-state index contributed by atoms with van der Waals surface area (Å²) in [6.45, 7) is 12.9. The van der Waals surface area contributed by atoms with Crippen molar-refractivity contribution in [2.75, 3.05) is 6.61 Å². The summed E-state index contributed by atoms with van der Waals surface area (Å²) in [5.41, 5.74) is -0.230. The van der Waals surface area contributed by atoms with Gasteiger partial charge in [-0.15, -0.1) is 0 Å². The lowest BCUT2D eigenvalue weighted by Gasteiger charge is -2.38. The average Bonchev–Trinajstić information content (AvgIpc) is 2.44. The van der Waals surface area contributed by atoms with Crippen molar-refractivity contribution in [3.8, 4) is 17.6 Å². The third-order valence-corrected chi connectivity index (χ3v) is 3.47. The van der Waals surface area contributed by atoms with Gasteiger partial charge in [-0.25, -0.2) is 9.97 Å². The summed E-state index contributed by atoms with van der Waals surface area (Å²) in [6.07, 6.45) is 6.31. The molecule has 0 amide bonds. The third kappa shape index (κ3) is 7.85. The molecule has 0 aliphatic heterocycles. The molecule has 0 bridgehead atoms. The first-order valence-corrected chi connectivity index (χ1v) is 8.90. The highest BCUT2D eigenvalue weighted by Gasteiger charge is 2.34. The average molecular weight is 346 g/mol. The Labute approximate surface area is 151 Å². The van der Waals surface area contributed by atoms with Crippen LogP contribution in [0.5, 0.6) is 5.75 Å². The van der Waals surface area contributed by atoms with Crippen LogP contribution in [0.2, 0.25) is 0 Å². The van der Waals surface area contributed by atoms with E-state index in [1.54, 1.807) is 12.4 Å². The Morgan fingerprint density at radius 1 is 1.00 bits per heavy atom. The molecule has 5 heteroatoms. The van der Waals surface area contributed by atoms with E-state index >= 15 is 0 Å². The fourth-order valence-corrected chi connectivity index (χ4v) is 2.39. The number of hydrogen-bond donors (Lipinski definition) is 0. The minimum Gasteiger partial charge on any atom is -0.487 e. The highest BCUT2D eigenvalue weighted by molar-refractivity contribution is 5.23. The van der Waals surface area contributed by atoms with E-state index in [1.807, 2.05) is 20.8 Å². The van der Waals surface area contributed by atoms with Crippen LogP contribution in [0.4, 0.5) is 0 Å². The highest BCUT2D eigenvalue weighted by Crippen LogP contribution is 2.30. The standard InChI is InChI=1S/C20H30N2O3/c1-19(2,3)23-10-8-7-9-18-21-13-17(14-22-18)24-15-11-16(12-15)25-20(4,5)6/h13-16H,8,10-12H2,1-6H3. The Kier molecular flexibility index (Phi) is 6.42. The van der Waals surface area contributed by atoms with Crippen molar-refractivity contribution in [2.45, 2.75) is 84.2 Å². The molecule has 1 aromatic rings. The van der Waals surface area contributed by atoms with Crippen LogP contribution in [-0.2, 0) is 9.47 Å². The molecular weight excluding hydrogens is 316 g/mol. The molecule has 1 saturated carbocycles. The maximum atomic E-state index is 5.91. The van der Waals surface area contributed by atoms with Gasteiger partial charge in [0.1, 0.15) is 6.10 Å². The van der Waals surface area contributed by atoms with E-state index in [2.05, 4.69) is 42.6 Å². The molecule has 0 radical (unpaired) electrons. The molecule has 0 atom stereocenters. The minimum atomic E-state index is -0.129. The molecule has 0 saturated heterocycles. The van der Waals surface area contributed by atoms with Gasteiger partial charge in [0.05, 0.1) is 36.3 Å². The predicted octanol–water partition coefficient (Wildman–Crippen LogP) is 3.76. The zero-order chi connectivity index (χ0) is 18.5. The van der Waals surface area contributed by atoms with Gasteiger partial charge in [-0.3, -0.25) is 0 Å². The first kappa shape index (κ1) is 19.7. The quantitative estimate of drug-likeness (QED) is 0.600. The summed E-state index contributed by atoms with van der Waals surface area (Å²) in [5.74, 6) is 7.16. The normalized spacial score (nSPS) is 20.4. The molecule has 0 spiro atoms. The Morgan fingerprint density at radius 2 is 1.64 bits per heavy atom. The summed E-state index contributed by atoms with van der Waals surface area (Å²) in [7, 11) is 0. The molecule has 1 heterocycles. The topological polar surface area (TPSA) is 53.5 Å². The van der Waals surface area contributed by atoms with Crippen LogP contribution in [0.3, 0.4) is 0 Å². The molecule has 0 unspecified atom stereocenters. The van der Waals surface area contributed by atoms with Gasteiger partial charge >= 0.3 is 0 Å². The van der Waals surface area contributed by atoms with Crippen LogP contribution in [0, 0.1) is 11.8 Å². The van der Waals surface area contributed by atoms with Crippen LogP contribution in [0.1, 0.15) is 66.6 Å². The van der Waals surface area contributed by atoms with Crippen LogP contribution in [0.15, 0.2) is 12.4 Å². The number of ether oxygens (including phenoxy) is 3. The summed E-state index contributed by atoms with van der Waals surface area (Å²) in [4.78, 5) is 8.47. The van der Waals surface area contributed by atoms with Crippen molar-refractivity contribution in [3.63, 3.8) is 0 Å². The highest BCUT2D eigenvalue weighted by atomic mass is 16.5. The van der Waals surface area contributed by atoms with Crippen LogP contribution in [0.25, 0.3) is 0 Å². The van der Waals surface area contributed by atoms with Gasteiger partial charge in [-0.2, -0.15) is 0 Å². The van der Waals surface area contributed by atoms with Gasteiger partial charge in [0.2, 0.25) is 5.82 Å². The van der Waals surface area contributed by atoms with Crippen molar-refractivity contribution < 1.29 is 14.2 Å². The molecule has 5 nitrogen and oxygen atoms in total. The van der Waals surface area contributed by atoms with Crippen molar-refractivity contribution in [1.82, 2.24) is 9.97 Å². The van der Waals surface area contributed by atoms with E-state index in [9.17, 15) is 0 Å². The van der Waals surface area contributed by atoms with Gasteiger partial charge in [-0.05, 0) is 47.5 Å². The van der Waals surface area contributed by atoms with E-state index in [1.165, 1.54) is 0 Å². The smallest absolute Gasteiger partial charge is 0.205 e. The fourth-order valence-electron chi connectivity index (χ4n) is 2.39. The second-order valence-electron chi connectivity index (χ2n) is 8.32. The Balaban J connectivity index is 1.71. The molecule has 1 fully saturated rings. The van der Waals surface area contributed by atoms with Crippen LogP contribution in [-0.4, -0.2) is 40.0 Å². The number of aromatic nitrogens is 2. The molecule has 138 valence electrons. The molecule has 1 aromatic heterocycles. The van der Waals surface area contributed by atoms with E-state index in [-0.39, 0.29) is 23.4 Å². The first-order chi connectivity index (χ1) is 11.6. The SMILES string of the molecule is CC(C)(C)OCCC#Cc1ncc(OC2CC(OC(C)(C)C)C2)cn1. The Bertz CT molecular complexity index is 597. The van der Waals surface area contributed by atoms with Crippen molar-refractivity contribution >= 4 is 0 Å². The van der Waals surface area contributed by atoms with Gasteiger partial charge in [0, 0.05) is 19.3 Å². The molecule has 2 rings (SSSR count). The van der Waals surface area contributed by atoms with E-state index in [4.69, 9.17) is 14.2 Å². The second kappa shape index (κ2) is 8.16. The largest absolute Gasteiger partial charge is 0.487 e. The van der Waals surface area contributed by atoms with E-state index < -0.39 is 0 Å².